The van der Waals surface area contributed by atoms with Crippen molar-refractivity contribution in [2.24, 2.45) is 0 Å². The van der Waals surface area contributed by atoms with E-state index < -0.39 is 11.7 Å². The van der Waals surface area contributed by atoms with Crippen LogP contribution < -0.4 is 5.32 Å². The third-order valence-corrected chi connectivity index (χ3v) is 5.14. The van der Waals surface area contributed by atoms with E-state index in [1.807, 2.05) is 32.7 Å². The molecule has 1 fully saturated rings. The number of nitrogens with one attached hydrogen (secondary N) is 1. The summed E-state index contributed by atoms with van der Waals surface area (Å²) in [5.74, 6) is 0.771. The molecule has 0 bridgehead atoms. The van der Waals surface area contributed by atoms with Crippen LogP contribution in [0.15, 0.2) is 30.3 Å². The van der Waals surface area contributed by atoms with Gasteiger partial charge in [-0.2, -0.15) is 0 Å². The van der Waals surface area contributed by atoms with Crippen molar-refractivity contribution in [1.29, 1.82) is 0 Å². The van der Waals surface area contributed by atoms with Gasteiger partial charge in [-0.05, 0) is 64.4 Å². The molecule has 1 N–H and O–H groups in total. The van der Waals surface area contributed by atoms with Gasteiger partial charge in [0.2, 0.25) is 5.91 Å². The van der Waals surface area contributed by atoms with Gasteiger partial charge in [-0.15, -0.1) is 0 Å². The molecule has 0 heterocycles. The SMILES string of the molecule is CN(C(=O)CCCNC(=O)OC(C)(C)C)C1CCC(c2ccccc2)CC1. The Hall–Kier alpha value is -2.04. The van der Waals surface area contributed by atoms with Crippen LogP contribution in [0.3, 0.4) is 0 Å². The minimum absolute atomic E-state index is 0.157. The molecule has 0 unspecified atom stereocenters. The van der Waals surface area contributed by atoms with Crippen LogP contribution in [0.4, 0.5) is 4.79 Å². The Bertz CT molecular complexity index is 602. The summed E-state index contributed by atoms with van der Waals surface area (Å²) in [6.07, 6.45) is 5.02. The average Bonchev–Trinajstić information content (AvgIpc) is 2.64. The van der Waals surface area contributed by atoms with Crippen LogP contribution in [0.5, 0.6) is 0 Å². The summed E-state index contributed by atoms with van der Waals surface area (Å²) in [5, 5.41) is 2.71. The zero-order valence-corrected chi connectivity index (χ0v) is 17.2. The lowest BCUT2D eigenvalue weighted by atomic mass is 9.81. The van der Waals surface area contributed by atoms with E-state index in [0.717, 1.165) is 25.7 Å². The van der Waals surface area contributed by atoms with Gasteiger partial charge in [-0.3, -0.25) is 4.79 Å². The second kappa shape index (κ2) is 9.77. The van der Waals surface area contributed by atoms with Crippen LogP contribution >= 0.6 is 0 Å². The number of benzene rings is 1. The van der Waals surface area contributed by atoms with E-state index in [1.165, 1.54) is 5.56 Å². The minimum Gasteiger partial charge on any atom is -0.444 e. The molecule has 150 valence electrons. The predicted octanol–water partition coefficient (Wildman–Crippen LogP) is 4.48. The number of nitrogens with zero attached hydrogens (tertiary/aromatic N) is 1. The van der Waals surface area contributed by atoms with Gasteiger partial charge >= 0.3 is 6.09 Å². The molecule has 27 heavy (non-hydrogen) atoms. The Labute approximate surface area is 163 Å². The number of hydrogen-bond acceptors (Lipinski definition) is 3. The molecule has 1 aromatic rings. The van der Waals surface area contributed by atoms with E-state index in [1.54, 1.807) is 0 Å². The topological polar surface area (TPSA) is 58.6 Å². The van der Waals surface area contributed by atoms with Gasteiger partial charge in [-0.25, -0.2) is 4.79 Å². The Kier molecular flexibility index (Phi) is 7.69. The van der Waals surface area contributed by atoms with Gasteiger partial charge in [0.05, 0.1) is 0 Å². The first-order chi connectivity index (χ1) is 12.8. The summed E-state index contributed by atoms with van der Waals surface area (Å²) in [5.41, 5.74) is 0.914. The van der Waals surface area contributed by atoms with Crippen molar-refractivity contribution in [3.63, 3.8) is 0 Å². The highest BCUT2D eigenvalue weighted by Crippen LogP contribution is 2.34. The van der Waals surface area contributed by atoms with Crippen LogP contribution in [-0.2, 0) is 9.53 Å². The molecule has 0 radical (unpaired) electrons. The zero-order chi connectivity index (χ0) is 19.9. The normalized spacial score (nSPS) is 20.0. The van der Waals surface area contributed by atoms with E-state index >= 15 is 0 Å². The molecule has 1 aliphatic rings. The first kappa shape index (κ1) is 21.3. The number of carbonyl (C=O) groups is 2. The van der Waals surface area contributed by atoms with E-state index in [4.69, 9.17) is 4.74 Å². The van der Waals surface area contributed by atoms with Crippen molar-refractivity contribution in [2.75, 3.05) is 13.6 Å². The van der Waals surface area contributed by atoms with E-state index in [0.29, 0.717) is 31.3 Å². The average molecular weight is 375 g/mol. The maximum Gasteiger partial charge on any atom is 0.407 e. The lowest BCUT2D eigenvalue weighted by Crippen LogP contribution is -2.39. The number of ether oxygens (including phenoxy) is 1. The van der Waals surface area contributed by atoms with Gasteiger partial charge in [0.1, 0.15) is 5.60 Å². The zero-order valence-electron chi connectivity index (χ0n) is 17.2. The predicted molar refractivity (Wildman–Crippen MR) is 108 cm³/mol. The first-order valence-electron chi connectivity index (χ1n) is 10.0. The number of hydrogen-bond donors (Lipinski definition) is 1. The number of amides is 2. The Balaban J connectivity index is 1.66. The Morgan fingerprint density at radius 3 is 2.33 bits per heavy atom. The third-order valence-electron chi connectivity index (χ3n) is 5.14. The Morgan fingerprint density at radius 1 is 1.11 bits per heavy atom. The molecule has 1 saturated carbocycles. The molecule has 0 atom stereocenters. The van der Waals surface area contributed by atoms with Crippen molar-refractivity contribution < 1.29 is 14.3 Å². The van der Waals surface area contributed by atoms with Gasteiger partial charge in [0.15, 0.2) is 0 Å². The molecule has 5 heteroatoms. The van der Waals surface area contributed by atoms with Crippen molar-refractivity contribution in [3.05, 3.63) is 35.9 Å². The van der Waals surface area contributed by atoms with E-state index in [-0.39, 0.29) is 5.91 Å². The summed E-state index contributed by atoms with van der Waals surface area (Å²) >= 11 is 0. The van der Waals surface area contributed by atoms with Crippen molar-refractivity contribution >= 4 is 12.0 Å². The molecule has 0 spiro atoms. The first-order valence-corrected chi connectivity index (χ1v) is 10.0. The van der Waals surface area contributed by atoms with Gasteiger partial charge < -0.3 is 15.0 Å². The summed E-state index contributed by atoms with van der Waals surface area (Å²) in [4.78, 5) is 26.0. The summed E-state index contributed by atoms with van der Waals surface area (Å²) in [6.45, 7) is 5.95. The second-order valence-corrected chi connectivity index (χ2v) is 8.45. The fraction of sp³-hybridized carbons (Fsp3) is 0.636. The molecule has 0 saturated heterocycles. The van der Waals surface area contributed by atoms with Gasteiger partial charge in [0, 0.05) is 26.1 Å². The third kappa shape index (κ3) is 7.24. The molecule has 0 aliphatic heterocycles. The lowest BCUT2D eigenvalue weighted by Gasteiger charge is -2.35. The quantitative estimate of drug-likeness (QED) is 0.747. The molecule has 1 aromatic carbocycles. The molecular formula is C22H34N2O3. The molecule has 1 aliphatic carbocycles. The molecule has 2 amide bonds. The highest BCUT2D eigenvalue weighted by molar-refractivity contribution is 5.76. The van der Waals surface area contributed by atoms with Crippen LogP contribution in [0.2, 0.25) is 0 Å². The fourth-order valence-electron chi connectivity index (χ4n) is 3.65. The monoisotopic (exact) mass is 374 g/mol. The van der Waals surface area contributed by atoms with Crippen molar-refractivity contribution in [2.45, 2.75) is 76.9 Å². The van der Waals surface area contributed by atoms with Crippen LogP contribution in [0, 0.1) is 0 Å². The van der Waals surface area contributed by atoms with Crippen molar-refractivity contribution in [3.8, 4) is 0 Å². The number of carbonyl (C=O) groups excluding carboxylic acids is 2. The minimum atomic E-state index is -0.501. The van der Waals surface area contributed by atoms with Gasteiger partial charge in [-0.1, -0.05) is 30.3 Å². The molecule has 2 rings (SSSR count). The molecular weight excluding hydrogens is 340 g/mol. The second-order valence-electron chi connectivity index (χ2n) is 8.45. The van der Waals surface area contributed by atoms with Gasteiger partial charge in [0.25, 0.3) is 0 Å². The van der Waals surface area contributed by atoms with Crippen LogP contribution in [0.25, 0.3) is 0 Å². The van der Waals surface area contributed by atoms with E-state index in [9.17, 15) is 9.59 Å². The highest BCUT2D eigenvalue weighted by atomic mass is 16.6. The largest absolute Gasteiger partial charge is 0.444 e. The number of rotatable bonds is 6. The maximum atomic E-state index is 12.4. The smallest absolute Gasteiger partial charge is 0.407 e. The van der Waals surface area contributed by atoms with Crippen molar-refractivity contribution in [1.82, 2.24) is 10.2 Å². The summed E-state index contributed by atoms with van der Waals surface area (Å²) < 4.78 is 5.19. The molecule has 0 aromatic heterocycles. The molecule has 5 nitrogen and oxygen atoms in total. The number of alkyl carbamates (subject to hydrolysis) is 1. The lowest BCUT2D eigenvalue weighted by molar-refractivity contribution is -0.132. The van der Waals surface area contributed by atoms with Crippen LogP contribution in [-0.4, -0.2) is 42.1 Å². The highest BCUT2D eigenvalue weighted by Gasteiger charge is 2.27. The maximum absolute atomic E-state index is 12.4. The summed E-state index contributed by atoms with van der Waals surface area (Å²) in [6, 6.07) is 11.0. The standard InChI is InChI=1S/C22H34N2O3/c1-22(2,3)27-21(26)23-16-8-11-20(25)24(4)19-14-12-18(13-15-19)17-9-6-5-7-10-17/h5-7,9-10,18-19H,8,11-16H2,1-4H3,(H,23,26). The Morgan fingerprint density at radius 2 is 1.74 bits per heavy atom. The van der Waals surface area contributed by atoms with Crippen LogP contribution in [0.1, 0.15) is 70.8 Å². The summed E-state index contributed by atoms with van der Waals surface area (Å²) in [7, 11) is 1.91. The fourth-order valence-corrected chi connectivity index (χ4v) is 3.65. The van der Waals surface area contributed by atoms with E-state index in [2.05, 4.69) is 35.6 Å².